The van der Waals surface area contributed by atoms with Crippen molar-refractivity contribution in [2.24, 2.45) is 17.8 Å². The van der Waals surface area contributed by atoms with Crippen LogP contribution in [0.2, 0.25) is 0 Å². The van der Waals surface area contributed by atoms with Crippen LogP contribution >= 0.6 is 0 Å². The molecule has 12 heteroatoms. The van der Waals surface area contributed by atoms with E-state index in [1.54, 1.807) is 27.7 Å². The number of fused-ring (bicyclic) bond motifs is 1. The number of aliphatic hydroxyl groups is 1. The van der Waals surface area contributed by atoms with Crippen molar-refractivity contribution in [3.8, 4) is 0 Å². The summed E-state index contributed by atoms with van der Waals surface area (Å²) in [6.07, 6.45) is -1.02. The maximum atomic E-state index is 12.8. The standard InChI is InChI=1S/C22H33N3O9/c1-7-32-18(29)15-14-12(26)9-22(16(14)15,19(30)33-8-2)25-13(27)10-23-17(28)11(3)24-20(31)34-21(4,5)6/h7,11-12,14-16,26H,1,8-10H2,2-6H3,(H,23,28)(H,24,31)(H,25,27)/t11-,12+,14+,15+,16+,22?/m1/s1. The number of hydrogen-bond acceptors (Lipinski definition) is 9. The lowest BCUT2D eigenvalue weighted by Crippen LogP contribution is -2.59. The molecule has 0 aromatic heterocycles. The van der Waals surface area contributed by atoms with Crippen molar-refractivity contribution in [2.75, 3.05) is 13.2 Å². The number of carbonyl (C=O) groups is 5. The second kappa shape index (κ2) is 10.4. The number of rotatable bonds is 9. The average Bonchev–Trinajstić information content (AvgIpc) is 3.40. The Morgan fingerprint density at radius 2 is 1.88 bits per heavy atom. The van der Waals surface area contributed by atoms with E-state index in [9.17, 15) is 29.1 Å². The first-order valence-electron chi connectivity index (χ1n) is 11.0. The van der Waals surface area contributed by atoms with Gasteiger partial charge in [-0.15, -0.1) is 0 Å². The first kappa shape index (κ1) is 27.1. The lowest BCUT2D eigenvalue weighted by atomic mass is 9.89. The summed E-state index contributed by atoms with van der Waals surface area (Å²) >= 11 is 0. The van der Waals surface area contributed by atoms with Crippen LogP contribution in [0.3, 0.4) is 0 Å². The van der Waals surface area contributed by atoms with Gasteiger partial charge in [0.15, 0.2) is 0 Å². The van der Waals surface area contributed by atoms with E-state index in [2.05, 4.69) is 22.5 Å². The maximum Gasteiger partial charge on any atom is 0.408 e. The largest absolute Gasteiger partial charge is 0.464 e. The van der Waals surface area contributed by atoms with Crippen LogP contribution in [0, 0.1) is 17.8 Å². The molecule has 2 aliphatic rings. The van der Waals surface area contributed by atoms with Gasteiger partial charge in [-0.2, -0.15) is 0 Å². The summed E-state index contributed by atoms with van der Waals surface area (Å²) in [4.78, 5) is 61.8. The van der Waals surface area contributed by atoms with Gasteiger partial charge in [0.05, 0.1) is 31.4 Å². The number of nitrogens with one attached hydrogen (secondary N) is 3. The number of esters is 2. The minimum absolute atomic E-state index is 0.0241. The van der Waals surface area contributed by atoms with Crippen LogP contribution in [-0.2, 0) is 33.4 Å². The number of amides is 3. The highest BCUT2D eigenvalue weighted by molar-refractivity contribution is 5.94. The second-order valence-corrected chi connectivity index (χ2v) is 9.33. The summed E-state index contributed by atoms with van der Waals surface area (Å²) in [5.41, 5.74) is -2.39. The highest BCUT2D eigenvalue weighted by Gasteiger charge is 2.76. The predicted molar refractivity (Wildman–Crippen MR) is 117 cm³/mol. The molecule has 3 amide bonds. The molecule has 0 bridgehead atoms. The number of carbonyl (C=O) groups excluding carboxylic acids is 5. The van der Waals surface area contributed by atoms with Crippen LogP contribution in [0.5, 0.6) is 0 Å². The summed E-state index contributed by atoms with van der Waals surface area (Å²) in [6.45, 7) is 10.9. The van der Waals surface area contributed by atoms with Crippen LogP contribution in [0.4, 0.5) is 4.79 Å². The average molecular weight is 484 g/mol. The number of aliphatic hydroxyl groups excluding tert-OH is 1. The van der Waals surface area contributed by atoms with Gasteiger partial charge in [0.25, 0.3) is 0 Å². The van der Waals surface area contributed by atoms with Crippen LogP contribution in [0.25, 0.3) is 0 Å². The molecule has 0 radical (unpaired) electrons. The zero-order valence-electron chi connectivity index (χ0n) is 20.0. The van der Waals surface area contributed by atoms with Crippen LogP contribution in [-0.4, -0.2) is 71.4 Å². The molecule has 2 aliphatic carbocycles. The van der Waals surface area contributed by atoms with E-state index in [-0.39, 0.29) is 13.0 Å². The van der Waals surface area contributed by atoms with Gasteiger partial charge in [-0.25, -0.2) is 9.59 Å². The summed E-state index contributed by atoms with van der Waals surface area (Å²) < 4.78 is 15.0. The van der Waals surface area contributed by atoms with Gasteiger partial charge in [0, 0.05) is 18.3 Å². The van der Waals surface area contributed by atoms with Crippen LogP contribution in [0.15, 0.2) is 12.8 Å². The van der Waals surface area contributed by atoms with Gasteiger partial charge in [0.1, 0.15) is 17.2 Å². The molecule has 0 saturated heterocycles. The molecule has 2 fully saturated rings. The molecule has 0 heterocycles. The lowest BCUT2D eigenvalue weighted by molar-refractivity contribution is -0.156. The third-order valence-electron chi connectivity index (χ3n) is 5.64. The fourth-order valence-electron chi connectivity index (χ4n) is 4.34. The summed E-state index contributed by atoms with van der Waals surface area (Å²) in [7, 11) is 0. The van der Waals surface area contributed by atoms with Crippen molar-refractivity contribution in [1.82, 2.24) is 16.0 Å². The van der Waals surface area contributed by atoms with Gasteiger partial charge in [-0.1, -0.05) is 6.58 Å². The smallest absolute Gasteiger partial charge is 0.408 e. The van der Waals surface area contributed by atoms with Crippen molar-refractivity contribution in [1.29, 1.82) is 0 Å². The molecule has 4 N–H and O–H groups in total. The van der Waals surface area contributed by atoms with E-state index in [0.717, 1.165) is 6.26 Å². The Labute approximate surface area is 197 Å². The van der Waals surface area contributed by atoms with Gasteiger partial charge in [0.2, 0.25) is 11.8 Å². The predicted octanol–water partition coefficient (Wildman–Crippen LogP) is -0.253. The van der Waals surface area contributed by atoms with Crippen molar-refractivity contribution in [2.45, 2.75) is 64.3 Å². The van der Waals surface area contributed by atoms with Gasteiger partial charge in [-0.05, 0) is 34.6 Å². The molecular weight excluding hydrogens is 450 g/mol. The molecule has 0 aliphatic heterocycles. The van der Waals surface area contributed by atoms with E-state index in [1.165, 1.54) is 6.92 Å². The van der Waals surface area contributed by atoms with Crippen LogP contribution in [0.1, 0.15) is 41.0 Å². The van der Waals surface area contributed by atoms with E-state index in [0.29, 0.717) is 0 Å². The first-order valence-corrected chi connectivity index (χ1v) is 11.0. The molecular formula is C22H33N3O9. The minimum Gasteiger partial charge on any atom is -0.464 e. The van der Waals surface area contributed by atoms with E-state index < -0.39 is 77.4 Å². The van der Waals surface area contributed by atoms with Crippen LogP contribution < -0.4 is 16.0 Å². The lowest BCUT2D eigenvalue weighted by Gasteiger charge is -2.31. The summed E-state index contributed by atoms with van der Waals surface area (Å²) in [5, 5.41) is 17.7. The molecule has 34 heavy (non-hydrogen) atoms. The zero-order chi connectivity index (χ0) is 25.8. The normalized spacial score (nSPS) is 27.9. The molecule has 0 spiro atoms. The first-order chi connectivity index (χ1) is 15.8. The molecule has 2 rings (SSSR count). The Balaban J connectivity index is 2.02. The third kappa shape index (κ3) is 6.04. The molecule has 190 valence electrons. The van der Waals surface area contributed by atoms with Gasteiger partial charge >= 0.3 is 18.0 Å². The zero-order valence-corrected chi connectivity index (χ0v) is 20.0. The molecule has 1 unspecified atom stereocenters. The molecule has 2 saturated carbocycles. The number of hydrogen-bond donors (Lipinski definition) is 4. The van der Waals surface area contributed by atoms with Crippen molar-refractivity contribution in [3.63, 3.8) is 0 Å². The Morgan fingerprint density at radius 1 is 1.24 bits per heavy atom. The number of ether oxygens (including phenoxy) is 3. The number of alkyl carbamates (subject to hydrolysis) is 1. The van der Waals surface area contributed by atoms with Gasteiger partial charge < -0.3 is 35.3 Å². The fourth-order valence-corrected chi connectivity index (χ4v) is 4.34. The maximum absolute atomic E-state index is 12.8. The summed E-state index contributed by atoms with van der Waals surface area (Å²) in [6, 6.07) is -0.999. The fraction of sp³-hybridized carbons (Fsp3) is 0.682. The van der Waals surface area contributed by atoms with Crippen molar-refractivity contribution in [3.05, 3.63) is 12.8 Å². The summed E-state index contributed by atoms with van der Waals surface area (Å²) in [5.74, 6) is -4.95. The molecule has 0 aromatic rings. The third-order valence-corrected chi connectivity index (χ3v) is 5.64. The van der Waals surface area contributed by atoms with E-state index in [4.69, 9.17) is 14.2 Å². The molecule has 6 atom stereocenters. The van der Waals surface area contributed by atoms with Crippen molar-refractivity contribution >= 4 is 29.8 Å². The second-order valence-electron chi connectivity index (χ2n) is 9.33. The minimum atomic E-state index is -1.65. The quantitative estimate of drug-likeness (QED) is 0.196. The Bertz CT molecular complexity index is 853. The highest BCUT2D eigenvalue weighted by atomic mass is 16.6. The monoisotopic (exact) mass is 483 g/mol. The molecule has 0 aromatic carbocycles. The van der Waals surface area contributed by atoms with E-state index >= 15 is 0 Å². The van der Waals surface area contributed by atoms with Crippen molar-refractivity contribution < 1.29 is 43.3 Å². The topological polar surface area (TPSA) is 169 Å². The Kier molecular flexibility index (Phi) is 8.30. The highest BCUT2D eigenvalue weighted by Crippen LogP contribution is 2.63. The van der Waals surface area contributed by atoms with E-state index in [1.807, 2.05) is 0 Å². The van der Waals surface area contributed by atoms with Gasteiger partial charge in [-0.3, -0.25) is 14.4 Å². The Hall–Kier alpha value is -3.15. The SMILES string of the molecule is C=COC(=O)[C@H]1[C@H]2[C@@H]1C(NC(=O)CNC(=O)[C@@H](C)NC(=O)OC(C)(C)C)(C(=O)OCC)C[C@@H]2O. The molecule has 12 nitrogen and oxygen atoms in total. The Morgan fingerprint density at radius 3 is 2.44 bits per heavy atom.